The first-order valence-corrected chi connectivity index (χ1v) is 13.1. The summed E-state index contributed by atoms with van der Waals surface area (Å²) in [4.78, 5) is 25.8. The number of aromatic nitrogens is 2. The smallest absolute Gasteiger partial charge is 0.278 e. The minimum absolute atomic E-state index is 0.0902. The van der Waals surface area contributed by atoms with E-state index in [4.69, 9.17) is 4.84 Å². The quantitative estimate of drug-likeness (QED) is 0.276. The predicted octanol–water partition coefficient (Wildman–Crippen LogP) is 4.42. The third kappa shape index (κ3) is 6.46. The summed E-state index contributed by atoms with van der Waals surface area (Å²) < 4.78 is 40.9. The summed E-state index contributed by atoms with van der Waals surface area (Å²) in [5.74, 6) is -0.436. The first-order valence-electron chi connectivity index (χ1n) is 11.5. The molecular weight excluding hydrogens is 487 g/mol. The minimum atomic E-state index is -3.56. The molecule has 4 rings (SSSR count). The van der Waals surface area contributed by atoms with E-state index in [0.717, 1.165) is 24.6 Å². The molecule has 12 heteroatoms. The summed E-state index contributed by atoms with van der Waals surface area (Å²) in [5, 5.41) is 6.10. The summed E-state index contributed by atoms with van der Waals surface area (Å²) in [5.41, 5.74) is 5.04. The maximum Gasteiger partial charge on any atom is 0.278 e. The van der Waals surface area contributed by atoms with Gasteiger partial charge < -0.3 is 10.6 Å². The molecule has 2 heterocycles. The van der Waals surface area contributed by atoms with Gasteiger partial charge in [-0.2, -0.15) is 0 Å². The van der Waals surface area contributed by atoms with Crippen LogP contribution in [0.1, 0.15) is 48.5 Å². The molecule has 36 heavy (non-hydrogen) atoms. The Kier molecular flexibility index (Phi) is 7.65. The molecule has 0 saturated heterocycles. The Morgan fingerprint density at radius 1 is 1.06 bits per heavy atom. The van der Waals surface area contributed by atoms with Crippen molar-refractivity contribution in [2.75, 3.05) is 27.7 Å². The lowest BCUT2D eigenvalue weighted by Crippen LogP contribution is -2.24. The van der Waals surface area contributed by atoms with Crippen LogP contribution >= 0.6 is 0 Å². The normalized spacial score (nSPS) is 13.2. The van der Waals surface area contributed by atoms with Crippen molar-refractivity contribution in [1.29, 1.82) is 0 Å². The zero-order valence-electron chi connectivity index (χ0n) is 19.8. The number of amides is 1. The molecule has 0 aliphatic heterocycles. The Labute approximate surface area is 208 Å². The lowest BCUT2D eigenvalue weighted by molar-refractivity contribution is 0.0365. The molecule has 2 aromatic heterocycles. The van der Waals surface area contributed by atoms with Gasteiger partial charge in [-0.15, -0.1) is 0 Å². The summed E-state index contributed by atoms with van der Waals surface area (Å²) in [6, 6.07) is 8.33. The van der Waals surface area contributed by atoms with Gasteiger partial charge in [-0.3, -0.25) is 19.3 Å². The van der Waals surface area contributed by atoms with Crippen molar-refractivity contribution >= 4 is 44.5 Å². The fourth-order valence-electron chi connectivity index (χ4n) is 3.44. The molecule has 0 bridgehead atoms. The average Bonchev–Trinajstić information content (AvgIpc) is 3.69. The van der Waals surface area contributed by atoms with Crippen LogP contribution in [0.3, 0.4) is 0 Å². The molecule has 1 aromatic carbocycles. The summed E-state index contributed by atoms with van der Waals surface area (Å²) in [7, 11) is -3.56. The Hall–Kier alpha value is -3.77. The van der Waals surface area contributed by atoms with Crippen LogP contribution in [-0.2, 0) is 14.9 Å². The molecule has 1 amide bonds. The number of hydrogen-bond acceptors (Lipinski definition) is 8. The predicted molar refractivity (Wildman–Crippen MR) is 136 cm³/mol. The Balaban J connectivity index is 1.71. The van der Waals surface area contributed by atoms with Crippen LogP contribution in [0.25, 0.3) is 0 Å². The van der Waals surface area contributed by atoms with Gasteiger partial charge in [0.25, 0.3) is 5.91 Å². The zero-order chi connectivity index (χ0) is 25.7. The van der Waals surface area contributed by atoms with E-state index in [0.29, 0.717) is 34.5 Å². The van der Waals surface area contributed by atoms with E-state index in [2.05, 4.69) is 30.8 Å². The number of rotatable bonds is 11. The van der Waals surface area contributed by atoms with Crippen molar-refractivity contribution in [3.63, 3.8) is 0 Å². The van der Waals surface area contributed by atoms with Crippen LogP contribution in [0.2, 0.25) is 0 Å². The molecule has 1 aliphatic carbocycles. The van der Waals surface area contributed by atoms with Gasteiger partial charge in [0.2, 0.25) is 10.0 Å². The van der Waals surface area contributed by atoms with Crippen LogP contribution in [0, 0.1) is 5.82 Å². The highest BCUT2D eigenvalue weighted by molar-refractivity contribution is 7.92. The Morgan fingerprint density at radius 2 is 1.86 bits per heavy atom. The van der Waals surface area contributed by atoms with E-state index < -0.39 is 21.7 Å². The van der Waals surface area contributed by atoms with Crippen molar-refractivity contribution in [3.8, 4) is 0 Å². The van der Waals surface area contributed by atoms with E-state index in [1.807, 2.05) is 12.1 Å². The molecule has 3 aromatic rings. The second kappa shape index (κ2) is 10.9. The van der Waals surface area contributed by atoms with Gasteiger partial charge >= 0.3 is 0 Å². The molecule has 10 nitrogen and oxygen atoms in total. The molecule has 1 aliphatic rings. The lowest BCUT2D eigenvalue weighted by atomic mass is 10.1. The summed E-state index contributed by atoms with van der Waals surface area (Å²) >= 11 is 0. The first-order chi connectivity index (χ1) is 17.3. The lowest BCUT2D eigenvalue weighted by Gasteiger charge is -2.18. The van der Waals surface area contributed by atoms with Gasteiger partial charge in [0.05, 0.1) is 53.1 Å². The van der Waals surface area contributed by atoms with Gasteiger partial charge in [-0.1, -0.05) is 6.07 Å². The highest BCUT2D eigenvalue weighted by Gasteiger charge is 2.25. The van der Waals surface area contributed by atoms with E-state index in [-0.39, 0.29) is 17.9 Å². The number of nitrogens with zero attached hydrogens (tertiary/aromatic N) is 2. The van der Waals surface area contributed by atoms with E-state index in [1.165, 1.54) is 18.5 Å². The second-order valence-corrected chi connectivity index (χ2v) is 10.2. The maximum absolute atomic E-state index is 13.6. The number of sulfonamides is 1. The van der Waals surface area contributed by atoms with Crippen molar-refractivity contribution in [2.45, 2.75) is 32.6 Å². The summed E-state index contributed by atoms with van der Waals surface area (Å²) in [6.07, 6.45) is 5.96. The second-order valence-electron chi connectivity index (χ2n) is 8.21. The molecule has 0 radical (unpaired) electrons. The Bertz CT molecular complexity index is 1360. The SMILES string of the molecule is CCONC(=O)c1cnc(Nc2cncc(F)c2)cc1Nc1ccc(C2CC2)cc1NS(=O)(=O)CC. The molecule has 0 atom stereocenters. The number of carbonyl (C=O) groups is 1. The molecule has 190 valence electrons. The fourth-order valence-corrected chi connectivity index (χ4v) is 4.09. The van der Waals surface area contributed by atoms with E-state index in [9.17, 15) is 17.6 Å². The first kappa shape index (κ1) is 25.3. The molecule has 1 fully saturated rings. The van der Waals surface area contributed by atoms with Crippen LogP contribution in [0.4, 0.5) is 33.0 Å². The van der Waals surface area contributed by atoms with Crippen LogP contribution in [0.5, 0.6) is 0 Å². The highest BCUT2D eigenvalue weighted by atomic mass is 32.2. The van der Waals surface area contributed by atoms with Gasteiger partial charge in [0.1, 0.15) is 11.6 Å². The third-order valence-electron chi connectivity index (χ3n) is 5.44. The van der Waals surface area contributed by atoms with Crippen LogP contribution in [0.15, 0.2) is 48.9 Å². The number of carbonyl (C=O) groups excluding carboxylic acids is 1. The average molecular weight is 515 g/mol. The number of halogens is 1. The van der Waals surface area contributed by atoms with Gasteiger partial charge in [0, 0.05) is 18.3 Å². The highest BCUT2D eigenvalue weighted by Crippen LogP contribution is 2.42. The number of benzene rings is 1. The number of hydrogen-bond donors (Lipinski definition) is 4. The third-order valence-corrected chi connectivity index (χ3v) is 6.73. The Morgan fingerprint density at radius 3 is 2.56 bits per heavy atom. The molecule has 0 unspecified atom stereocenters. The van der Waals surface area contributed by atoms with Crippen molar-refractivity contribution in [3.05, 3.63) is 65.9 Å². The maximum atomic E-state index is 13.6. The topological polar surface area (TPSA) is 134 Å². The summed E-state index contributed by atoms with van der Waals surface area (Å²) in [6.45, 7) is 3.55. The molecular formula is C24H27FN6O4S. The van der Waals surface area contributed by atoms with Crippen molar-refractivity contribution in [2.24, 2.45) is 0 Å². The zero-order valence-corrected chi connectivity index (χ0v) is 20.7. The van der Waals surface area contributed by atoms with Crippen molar-refractivity contribution < 1.29 is 22.4 Å². The van der Waals surface area contributed by atoms with E-state index >= 15 is 0 Å². The number of hydroxylamine groups is 1. The fraction of sp³-hybridized carbons (Fsp3) is 0.292. The number of pyridine rings is 2. The molecule has 0 spiro atoms. The number of anilines is 5. The monoisotopic (exact) mass is 514 g/mol. The standard InChI is InChI=1S/C24H27FN6O4S/c1-3-35-30-24(32)19-14-27-23(28-18-10-17(25)12-26-13-18)11-21(19)29-20-8-7-16(15-5-6-15)9-22(20)31-36(33,34)4-2/h7-15,31H,3-6H2,1-2H3,(H,30,32)(H2,27,28,29). The molecule has 1 saturated carbocycles. The molecule has 4 N–H and O–H groups in total. The van der Waals surface area contributed by atoms with E-state index in [1.54, 1.807) is 26.0 Å². The minimum Gasteiger partial charge on any atom is -0.353 e. The van der Waals surface area contributed by atoms with Gasteiger partial charge in [0.15, 0.2) is 0 Å². The van der Waals surface area contributed by atoms with Crippen LogP contribution < -0.4 is 20.8 Å². The largest absolute Gasteiger partial charge is 0.353 e. The number of nitrogens with one attached hydrogen (secondary N) is 4. The van der Waals surface area contributed by atoms with Crippen LogP contribution in [-0.4, -0.2) is 36.7 Å². The van der Waals surface area contributed by atoms with Gasteiger partial charge in [-0.25, -0.2) is 23.3 Å². The van der Waals surface area contributed by atoms with Gasteiger partial charge in [-0.05, 0) is 50.3 Å². The van der Waals surface area contributed by atoms with Crippen molar-refractivity contribution in [1.82, 2.24) is 15.4 Å².